The van der Waals surface area contributed by atoms with Gasteiger partial charge in [0.2, 0.25) is 0 Å². The zero-order valence-corrected chi connectivity index (χ0v) is 5.58. The third-order valence-corrected chi connectivity index (χ3v) is 1.45. The molecule has 1 aliphatic heterocycles. The van der Waals surface area contributed by atoms with Gasteiger partial charge in [-0.25, -0.2) is 0 Å². The van der Waals surface area contributed by atoms with Gasteiger partial charge >= 0.3 is 0 Å². The smallest absolute Gasteiger partial charge is 0.165 e. The van der Waals surface area contributed by atoms with Gasteiger partial charge in [-0.1, -0.05) is 4.85 Å². The molecule has 1 N–H and O–H groups in total. The highest BCUT2D eigenvalue weighted by Gasteiger charge is 2.05. The van der Waals surface area contributed by atoms with E-state index in [0.717, 1.165) is 25.4 Å². The molecule has 0 spiro atoms. The molecule has 0 fully saturated rings. The summed E-state index contributed by atoms with van der Waals surface area (Å²) < 4.78 is 0. The lowest BCUT2D eigenvalue weighted by Gasteiger charge is -2.01. The number of nitrogens with zero attached hydrogens (tertiary/aromatic N) is 2. The van der Waals surface area contributed by atoms with E-state index in [1.54, 1.807) is 6.20 Å². The van der Waals surface area contributed by atoms with Gasteiger partial charge in [0, 0.05) is 19.0 Å². The Labute approximate surface area is 58.7 Å². The summed E-state index contributed by atoms with van der Waals surface area (Å²) >= 11 is 0. The van der Waals surface area contributed by atoms with E-state index in [1.807, 2.05) is 6.07 Å². The van der Waals surface area contributed by atoms with Crippen LogP contribution in [0.2, 0.25) is 0 Å². The van der Waals surface area contributed by atoms with Crippen LogP contribution < -0.4 is 10.2 Å². The summed E-state index contributed by atoms with van der Waals surface area (Å²) in [6.07, 6.45) is 2.75. The van der Waals surface area contributed by atoms with E-state index in [-0.39, 0.29) is 0 Å². The molecule has 0 amide bonds. The van der Waals surface area contributed by atoms with Gasteiger partial charge in [0.1, 0.15) is 6.61 Å². The molecule has 0 unspecified atom stereocenters. The van der Waals surface area contributed by atoms with Crippen molar-refractivity contribution in [2.75, 3.05) is 18.5 Å². The third kappa shape index (κ3) is 0.814. The Balaban J connectivity index is 2.28. The number of hydrogen-bond acceptors (Lipinski definition) is 3. The summed E-state index contributed by atoms with van der Waals surface area (Å²) in [4.78, 5) is 6.75. The lowest BCUT2D eigenvalue weighted by atomic mass is 10.4. The van der Waals surface area contributed by atoms with E-state index >= 15 is 0 Å². The van der Waals surface area contributed by atoms with Crippen molar-refractivity contribution in [1.29, 1.82) is 0 Å². The maximum Gasteiger partial charge on any atom is 0.165 e. The molecule has 54 valence electrons. The van der Waals surface area contributed by atoms with Crippen LogP contribution in [0.15, 0.2) is 12.3 Å². The van der Waals surface area contributed by atoms with Gasteiger partial charge in [-0.2, -0.15) is 0 Å². The van der Waals surface area contributed by atoms with Crippen LogP contribution in [0, 0.1) is 0 Å². The molecular weight excluding hydrogens is 130 g/mol. The molecule has 0 bridgehead atoms. The zero-order valence-electron chi connectivity index (χ0n) is 5.58. The van der Waals surface area contributed by atoms with Crippen LogP contribution in [0.1, 0.15) is 6.42 Å². The second-order valence-electron chi connectivity index (χ2n) is 2.20. The van der Waals surface area contributed by atoms with Gasteiger partial charge in [-0.3, -0.25) is 0 Å². The van der Waals surface area contributed by atoms with Crippen molar-refractivity contribution in [3.63, 3.8) is 0 Å². The van der Waals surface area contributed by atoms with Gasteiger partial charge in [-0.15, -0.1) is 5.10 Å². The van der Waals surface area contributed by atoms with Crippen molar-refractivity contribution in [3.8, 4) is 0 Å². The molecule has 0 radical (unpaired) electrons. The first kappa shape index (κ1) is 5.58. The van der Waals surface area contributed by atoms with Crippen molar-refractivity contribution in [3.05, 3.63) is 12.3 Å². The molecule has 10 heavy (non-hydrogen) atoms. The minimum absolute atomic E-state index is 0.738. The maximum absolute atomic E-state index is 5.23. The minimum Gasteiger partial charge on any atom is -0.395 e. The molecule has 0 saturated heterocycles. The van der Waals surface area contributed by atoms with Crippen molar-refractivity contribution in [2.45, 2.75) is 6.42 Å². The average Bonchev–Trinajstić information content (AvgIpc) is 2.28. The summed E-state index contributed by atoms with van der Waals surface area (Å²) in [5.41, 5.74) is 0. The summed E-state index contributed by atoms with van der Waals surface area (Å²) in [5.74, 6) is 0.942. The molecule has 4 heteroatoms. The third-order valence-electron chi connectivity index (χ3n) is 1.45. The lowest BCUT2D eigenvalue weighted by Crippen LogP contribution is -2.11. The fourth-order valence-electron chi connectivity index (χ4n) is 0.960. The lowest BCUT2D eigenvalue weighted by molar-refractivity contribution is 0.0923. The van der Waals surface area contributed by atoms with Crippen LogP contribution in [-0.2, 0) is 0 Å². The predicted molar refractivity (Wildman–Crippen MR) is 36.8 cm³/mol. The predicted octanol–water partition coefficient (Wildman–Crippen LogP) is 0.127. The molecular formula is C6H9N3O. The molecule has 1 aromatic heterocycles. The number of hydrogen-bond donors (Lipinski definition) is 1. The normalized spacial score (nSPS) is 16.4. The zero-order chi connectivity index (χ0) is 6.81. The summed E-state index contributed by atoms with van der Waals surface area (Å²) in [5, 5.41) is 7.13. The van der Waals surface area contributed by atoms with Crippen molar-refractivity contribution >= 4 is 5.82 Å². The Hall–Kier alpha value is -1.19. The topological polar surface area (TPSA) is 39.1 Å². The van der Waals surface area contributed by atoms with E-state index in [4.69, 9.17) is 4.84 Å². The summed E-state index contributed by atoms with van der Waals surface area (Å²) in [6.45, 7) is 1.70. The highest BCUT2D eigenvalue weighted by molar-refractivity contribution is 5.32. The molecule has 2 heterocycles. The van der Waals surface area contributed by atoms with Crippen LogP contribution in [0.5, 0.6) is 0 Å². The first-order valence-electron chi connectivity index (χ1n) is 3.38. The molecule has 1 aromatic rings. The van der Waals surface area contributed by atoms with Crippen molar-refractivity contribution in [1.82, 2.24) is 9.94 Å². The number of nitrogens with one attached hydrogen (secondary N) is 1. The number of anilines is 1. The molecule has 1 aliphatic rings. The van der Waals surface area contributed by atoms with Crippen molar-refractivity contribution < 1.29 is 4.84 Å². The first-order chi connectivity index (χ1) is 4.97. The quantitative estimate of drug-likeness (QED) is 0.555. The SMILES string of the molecule is c1cc2n(n1)OCCCN2. The number of rotatable bonds is 0. The fourth-order valence-corrected chi connectivity index (χ4v) is 0.960. The minimum atomic E-state index is 0.738. The van der Waals surface area contributed by atoms with Crippen LogP contribution in [0.25, 0.3) is 0 Å². The highest BCUT2D eigenvalue weighted by Crippen LogP contribution is 2.05. The van der Waals surface area contributed by atoms with E-state index in [9.17, 15) is 0 Å². The Morgan fingerprint density at radius 2 is 2.70 bits per heavy atom. The first-order valence-corrected chi connectivity index (χ1v) is 3.38. The second-order valence-corrected chi connectivity index (χ2v) is 2.20. The van der Waals surface area contributed by atoms with E-state index in [0.29, 0.717) is 0 Å². The van der Waals surface area contributed by atoms with Gasteiger partial charge in [0.25, 0.3) is 0 Å². The Bertz CT molecular complexity index is 200. The molecule has 0 aliphatic carbocycles. The molecule has 0 aromatic carbocycles. The van der Waals surface area contributed by atoms with E-state index in [1.165, 1.54) is 4.85 Å². The Morgan fingerprint density at radius 1 is 1.70 bits per heavy atom. The molecule has 4 nitrogen and oxygen atoms in total. The maximum atomic E-state index is 5.23. The molecule has 0 saturated carbocycles. The molecule has 0 atom stereocenters. The van der Waals surface area contributed by atoms with Crippen LogP contribution in [-0.4, -0.2) is 23.1 Å². The monoisotopic (exact) mass is 139 g/mol. The number of aromatic nitrogens is 2. The largest absolute Gasteiger partial charge is 0.395 e. The summed E-state index contributed by atoms with van der Waals surface area (Å²) in [6, 6.07) is 1.89. The van der Waals surface area contributed by atoms with Crippen molar-refractivity contribution in [2.24, 2.45) is 0 Å². The van der Waals surface area contributed by atoms with Crippen LogP contribution in [0.4, 0.5) is 5.82 Å². The van der Waals surface area contributed by atoms with Gasteiger partial charge in [-0.05, 0) is 0 Å². The Morgan fingerprint density at radius 3 is 3.70 bits per heavy atom. The van der Waals surface area contributed by atoms with Gasteiger partial charge in [0.05, 0.1) is 6.20 Å². The average molecular weight is 139 g/mol. The second kappa shape index (κ2) is 2.21. The van der Waals surface area contributed by atoms with Gasteiger partial charge in [0.15, 0.2) is 5.82 Å². The van der Waals surface area contributed by atoms with Gasteiger partial charge < -0.3 is 10.2 Å². The fraction of sp³-hybridized carbons (Fsp3) is 0.500. The highest BCUT2D eigenvalue weighted by atomic mass is 16.7. The number of fused-ring (bicyclic) bond motifs is 1. The molecule has 2 rings (SSSR count). The van der Waals surface area contributed by atoms with Crippen LogP contribution in [0.3, 0.4) is 0 Å². The van der Waals surface area contributed by atoms with E-state index < -0.39 is 0 Å². The standard InChI is InChI=1S/C6H9N3O/c1-3-7-6-2-4-8-9(6)10-5-1/h2,4,7H,1,3,5H2. The van der Waals surface area contributed by atoms with Crippen LogP contribution >= 0.6 is 0 Å². The Kier molecular flexibility index (Phi) is 1.23. The summed E-state index contributed by atoms with van der Waals surface area (Å²) in [7, 11) is 0. The van der Waals surface area contributed by atoms with E-state index in [2.05, 4.69) is 10.4 Å².